The zero-order chi connectivity index (χ0) is 8.10. The highest BCUT2D eigenvalue weighted by Gasteiger charge is 2.10. The predicted octanol–water partition coefficient (Wildman–Crippen LogP) is 2.55. The summed E-state index contributed by atoms with van der Waals surface area (Å²) in [6, 6.07) is 0. The van der Waals surface area contributed by atoms with Crippen LogP contribution in [-0.2, 0) is 4.74 Å². The van der Waals surface area contributed by atoms with Crippen molar-refractivity contribution in [3.63, 3.8) is 0 Å². The molecule has 1 heteroatoms. The van der Waals surface area contributed by atoms with Gasteiger partial charge in [0.05, 0.1) is 0 Å². The average Bonchev–Trinajstić information content (AvgIpc) is 2.03. The lowest BCUT2D eigenvalue weighted by Gasteiger charge is -2.17. The zero-order valence-corrected chi connectivity index (χ0v) is 7.34. The molecule has 1 aliphatic carbocycles. The van der Waals surface area contributed by atoms with Crippen LogP contribution in [-0.4, -0.2) is 13.7 Å². The van der Waals surface area contributed by atoms with E-state index in [4.69, 9.17) is 4.74 Å². The van der Waals surface area contributed by atoms with E-state index in [1.165, 1.54) is 12.0 Å². The van der Waals surface area contributed by atoms with Gasteiger partial charge >= 0.3 is 0 Å². The first-order chi connectivity index (χ1) is 5.34. The molecular formula is C10H16O. The number of methoxy groups -OCH3 is 1. The van der Waals surface area contributed by atoms with Gasteiger partial charge in [0.2, 0.25) is 0 Å². The molecule has 1 unspecified atom stereocenters. The van der Waals surface area contributed by atoms with E-state index in [0.717, 1.165) is 18.9 Å². The molecule has 1 rings (SSSR count). The number of allylic oxidation sites excluding steroid dienone is 4. The van der Waals surface area contributed by atoms with E-state index in [2.05, 4.69) is 25.2 Å². The van der Waals surface area contributed by atoms with Gasteiger partial charge < -0.3 is 4.74 Å². The zero-order valence-electron chi connectivity index (χ0n) is 7.34. The summed E-state index contributed by atoms with van der Waals surface area (Å²) in [7, 11) is 1.76. The highest BCUT2D eigenvalue weighted by atomic mass is 16.5. The second-order valence-corrected chi connectivity index (χ2v) is 3.05. The molecule has 0 saturated carbocycles. The second kappa shape index (κ2) is 4.35. The summed E-state index contributed by atoms with van der Waals surface area (Å²) in [6.07, 6.45) is 8.91. The Labute approximate surface area is 68.8 Å². The molecule has 0 aromatic rings. The molecule has 0 N–H and O–H groups in total. The molecule has 0 saturated heterocycles. The van der Waals surface area contributed by atoms with E-state index in [1.807, 2.05) is 0 Å². The van der Waals surface area contributed by atoms with Crippen LogP contribution < -0.4 is 0 Å². The fourth-order valence-corrected chi connectivity index (χ4v) is 1.39. The Hall–Kier alpha value is -0.560. The minimum Gasteiger partial charge on any atom is -0.385 e. The monoisotopic (exact) mass is 152 g/mol. The van der Waals surface area contributed by atoms with Crippen molar-refractivity contribution in [2.75, 3.05) is 13.7 Å². The van der Waals surface area contributed by atoms with Gasteiger partial charge in [0.25, 0.3) is 0 Å². The summed E-state index contributed by atoms with van der Waals surface area (Å²) < 4.78 is 5.04. The van der Waals surface area contributed by atoms with Crippen molar-refractivity contribution in [2.24, 2.45) is 5.92 Å². The van der Waals surface area contributed by atoms with Crippen LogP contribution in [0.1, 0.15) is 19.8 Å². The van der Waals surface area contributed by atoms with E-state index in [-0.39, 0.29) is 0 Å². The van der Waals surface area contributed by atoms with Crippen molar-refractivity contribution in [2.45, 2.75) is 19.8 Å². The number of rotatable bonds is 3. The lowest BCUT2D eigenvalue weighted by atomic mass is 9.90. The molecule has 0 heterocycles. The van der Waals surface area contributed by atoms with Crippen LogP contribution in [0.25, 0.3) is 0 Å². The Morgan fingerprint density at radius 1 is 1.64 bits per heavy atom. The molecule has 0 aromatic carbocycles. The Bertz CT molecular complexity index is 168. The molecule has 1 aliphatic rings. The first kappa shape index (κ1) is 8.54. The Balaban J connectivity index is 2.35. The standard InChI is InChI=1S/C10H16O/c1-9-5-3-4-6-10(9)7-8-11-2/h3-5,10H,6-8H2,1-2H3. The van der Waals surface area contributed by atoms with Gasteiger partial charge in [-0.15, -0.1) is 0 Å². The quantitative estimate of drug-likeness (QED) is 0.604. The summed E-state index contributed by atoms with van der Waals surface area (Å²) in [5, 5.41) is 0. The van der Waals surface area contributed by atoms with Gasteiger partial charge in [-0.2, -0.15) is 0 Å². The maximum absolute atomic E-state index is 5.04. The molecule has 0 bridgehead atoms. The van der Waals surface area contributed by atoms with E-state index >= 15 is 0 Å². The first-order valence-corrected chi connectivity index (χ1v) is 4.17. The average molecular weight is 152 g/mol. The minimum atomic E-state index is 0.722. The van der Waals surface area contributed by atoms with Crippen molar-refractivity contribution in [1.82, 2.24) is 0 Å². The van der Waals surface area contributed by atoms with Crippen LogP contribution in [0.15, 0.2) is 23.8 Å². The van der Waals surface area contributed by atoms with Gasteiger partial charge in [0.1, 0.15) is 0 Å². The van der Waals surface area contributed by atoms with Crippen molar-refractivity contribution in [3.05, 3.63) is 23.8 Å². The molecule has 0 spiro atoms. The highest BCUT2D eigenvalue weighted by molar-refractivity contribution is 5.18. The molecule has 1 nitrogen and oxygen atoms in total. The molecule has 1 atom stereocenters. The van der Waals surface area contributed by atoms with Crippen LogP contribution in [0.2, 0.25) is 0 Å². The van der Waals surface area contributed by atoms with Gasteiger partial charge in [-0.3, -0.25) is 0 Å². The van der Waals surface area contributed by atoms with Crippen LogP contribution in [0.4, 0.5) is 0 Å². The molecule has 0 aliphatic heterocycles. The van der Waals surface area contributed by atoms with E-state index in [9.17, 15) is 0 Å². The third-order valence-electron chi connectivity index (χ3n) is 2.23. The normalized spacial score (nSPS) is 23.5. The smallest absolute Gasteiger partial charge is 0.0468 e. The van der Waals surface area contributed by atoms with Crippen molar-refractivity contribution >= 4 is 0 Å². The Kier molecular flexibility index (Phi) is 3.37. The molecule has 0 radical (unpaired) electrons. The van der Waals surface area contributed by atoms with E-state index in [0.29, 0.717) is 0 Å². The summed E-state index contributed by atoms with van der Waals surface area (Å²) in [5.74, 6) is 0.722. The van der Waals surface area contributed by atoms with E-state index < -0.39 is 0 Å². The van der Waals surface area contributed by atoms with Gasteiger partial charge in [-0.25, -0.2) is 0 Å². The first-order valence-electron chi connectivity index (χ1n) is 4.17. The molecule has 11 heavy (non-hydrogen) atoms. The van der Waals surface area contributed by atoms with Gasteiger partial charge in [-0.05, 0) is 25.7 Å². The van der Waals surface area contributed by atoms with Crippen LogP contribution >= 0.6 is 0 Å². The van der Waals surface area contributed by atoms with Crippen LogP contribution in [0, 0.1) is 5.92 Å². The minimum absolute atomic E-state index is 0.722. The molecular weight excluding hydrogens is 136 g/mol. The third-order valence-corrected chi connectivity index (χ3v) is 2.23. The number of hydrogen-bond acceptors (Lipinski definition) is 1. The molecule has 0 amide bonds. The molecule has 0 fully saturated rings. The van der Waals surface area contributed by atoms with Gasteiger partial charge in [-0.1, -0.05) is 23.8 Å². The van der Waals surface area contributed by atoms with Crippen LogP contribution in [0.5, 0.6) is 0 Å². The molecule has 0 aromatic heterocycles. The van der Waals surface area contributed by atoms with Crippen LogP contribution in [0.3, 0.4) is 0 Å². The van der Waals surface area contributed by atoms with Crippen molar-refractivity contribution in [1.29, 1.82) is 0 Å². The molecule has 62 valence electrons. The highest BCUT2D eigenvalue weighted by Crippen LogP contribution is 2.22. The summed E-state index contributed by atoms with van der Waals surface area (Å²) in [6.45, 7) is 3.08. The second-order valence-electron chi connectivity index (χ2n) is 3.05. The van der Waals surface area contributed by atoms with Crippen molar-refractivity contribution in [3.8, 4) is 0 Å². The maximum atomic E-state index is 5.04. The van der Waals surface area contributed by atoms with Crippen molar-refractivity contribution < 1.29 is 4.74 Å². The van der Waals surface area contributed by atoms with Gasteiger partial charge in [0.15, 0.2) is 0 Å². The topological polar surface area (TPSA) is 9.23 Å². The Morgan fingerprint density at radius 3 is 3.09 bits per heavy atom. The fourth-order valence-electron chi connectivity index (χ4n) is 1.39. The summed E-state index contributed by atoms with van der Waals surface area (Å²) >= 11 is 0. The SMILES string of the molecule is COCCC1CC=CC=C1C. The Morgan fingerprint density at radius 2 is 2.45 bits per heavy atom. The fraction of sp³-hybridized carbons (Fsp3) is 0.600. The number of ether oxygens (including phenoxy) is 1. The lowest BCUT2D eigenvalue weighted by molar-refractivity contribution is 0.182. The van der Waals surface area contributed by atoms with E-state index in [1.54, 1.807) is 7.11 Å². The van der Waals surface area contributed by atoms with Gasteiger partial charge in [0, 0.05) is 13.7 Å². The third kappa shape index (κ3) is 2.51. The lowest BCUT2D eigenvalue weighted by Crippen LogP contribution is -2.06. The maximum Gasteiger partial charge on any atom is 0.0468 e. The predicted molar refractivity (Wildman–Crippen MR) is 47.5 cm³/mol. The number of hydrogen-bond donors (Lipinski definition) is 0. The summed E-state index contributed by atoms with van der Waals surface area (Å²) in [4.78, 5) is 0. The summed E-state index contributed by atoms with van der Waals surface area (Å²) in [5.41, 5.74) is 1.49. The largest absolute Gasteiger partial charge is 0.385 e.